The van der Waals surface area contributed by atoms with Crippen molar-refractivity contribution in [3.05, 3.63) is 72.6 Å². The van der Waals surface area contributed by atoms with Gasteiger partial charge in [-0.15, -0.1) is 0 Å². The summed E-state index contributed by atoms with van der Waals surface area (Å²) < 4.78 is 2.12. The lowest BCUT2D eigenvalue weighted by Crippen LogP contribution is -2.31. The predicted octanol–water partition coefficient (Wildman–Crippen LogP) is 4.08. The normalized spacial score (nSPS) is 17.8. The molecule has 0 aliphatic carbocycles. The van der Waals surface area contributed by atoms with Gasteiger partial charge in [0, 0.05) is 5.56 Å². The van der Waals surface area contributed by atoms with Crippen LogP contribution in [-0.4, -0.2) is 22.9 Å². The lowest BCUT2D eigenvalue weighted by Gasteiger charge is -2.23. The Hall–Kier alpha value is -2.39. The molecule has 1 aliphatic rings. The summed E-state index contributed by atoms with van der Waals surface area (Å²) in [4.78, 5) is 0. The lowest BCUT2D eigenvalue weighted by molar-refractivity contribution is 0.371. The molecule has 4 rings (SSSR count). The maximum Gasteiger partial charge on any atom is 0.0649 e. The fourth-order valence-corrected chi connectivity index (χ4v) is 3.59. The second-order valence-electron chi connectivity index (χ2n) is 6.53. The second-order valence-corrected chi connectivity index (χ2v) is 6.53. The summed E-state index contributed by atoms with van der Waals surface area (Å²) in [5.41, 5.74) is 4.96. The number of hydrogen-bond donors (Lipinski definition) is 1. The molecule has 1 saturated heterocycles. The summed E-state index contributed by atoms with van der Waals surface area (Å²) in [6, 6.07) is 21.1. The third-order valence-corrected chi connectivity index (χ3v) is 4.84. The van der Waals surface area contributed by atoms with Crippen LogP contribution in [0, 0.1) is 5.92 Å². The van der Waals surface area contributed by atoms with E-state index in [-0.39, 0.29) is 0 Å². The van der Waals surface area contributed by atoms with Crippen LogP contribution < -0.4 is 5.32 Å². The quantitative estimate of drug-likeness (QED) is 0.786. The average Bonchev–Trinajstić information content (AvgIpc) is 3.07. The molecule has 1 atom stereocenters. The Kier molecular flexibility index (Phi) is 4.43. The summed E-state index contributed by atoms with van der Waals surface area (Å²) in [6.07, 6.45) is 5.64. The van der Waals surface area contributed by atoms with Gasteiger partial charge in [-0.25, -0.2) is 4.68 Å². The number of nitrogens with zero attached hydrogens (tertiary/aromatic N) is 2. The van der Waals surface area contributed by atoms with Crippen molar-refractivity contribution in [2.75, 3.05) is 13.1 Å². The minimum absolute atomic E-state index is 0.681. The van der Waals surface area contributed by atoms with E-state index in [4.69, 9.17) is 5.10 Å². The smallest absolute Gasteiger partial charge is 0.0649 e. The molecule has 3 aromatic rings. The first-order valence-corrected chi connectivity index (χ1v) is 8.80. The molecule has 0 radical (unpaired) electrons. The standard InChI is InChI=1S/C21H23N3/c1-3-9-18(10-4-1)20-16-23-24(19-11-5-2-6-12-19)21(20)14-17-8-7-13-22-15-17/h1-6,9-12,16-17,22H,7-8,13-15H2. The zero-order chi connectivity index (χ0) is 16.2. The van der Waals surface area contributed by atoms with Crippen molar-refractivity contribution in [1.29, 1.82) is 0 Å². The molecule has 1 aliphatic heterocycles. The monoisotopic (exact) mass is 317 g/mol. The number of aromatic nitrogens is 2. The van der Waals surface area contributed by atoms with E-state index in [1.54, 1.807) is 0 Å². The van der Waals surface area contributed by atoms with Crippen molar-refractivity contribution in [3.63, 3.8) is 0 Å². The molecule has 2 heterocycles. The zero-order valence-electron chi connectivity index (χ0n) is 13.9. The number of hydrogen-bond acceptors (Lipinski definition) is 2. The van der Waals surface area contributed by atoms with E-state index in [0.717, 1.165) is 25.2 Å². The van der Waals surface area contributed by atoms with Crippen molar-refractivity contribution >= 4 is 0 Å². The molecule has 1 N–H and O–H groups in total. The molecule has 122 valence electrons. The van der Waals surface area contributed by atoms with Crippen molar-refractivity contribution < 1.29 is 0 Å². The van der Waals surface area contributed by atoms with Crippen LogP contribution >= 0.6 is 0 Å². The van der Waals surface area contributed by atoms with Crippen LogP contribution in [0.4, 0.5) is 0 Å². The number of para-hydroxylation sites is 1. The van der Waals surface area contributed by atoms with Gasteiger partial charge in [-0.05, 0) is 56.0 Å². The van der Waals surface area contributed by atoms with Gasteiger partial charge in [0.1, 0.15) is 0 Å². The van der Waals surface area contributed by atoms with Crippen LogP contribution in [0.2, 0.25) is 0 Å². The Morgan fingerprint density at radius 2 is 1.75 bits per heavy atom. The summed E-state index contributed by atoms with van der Waals surface area (Å²) in [5.74, 6) is 0.681. The van der Waals surface area contributed by atoms with Gasteiger partial charge in [0.2, 0.25) is 0 Å². The van der Waals surface area contributed by atoms with Gasteiger partial charge in [0.05, 0.1) is 17.6 Å². The van der Waals surface area contributed by atoms with Gasteiger partial charge in [-0.3, -0.25) is 0 Å². The van der Waals surface area contributed by atoms with E-state index in [0.29, 0.717) is 5.92 Å². The number of nitrogens with one attached hydrogen (secondary N) is 1. The van der Waals surface area contributed by atoms with Gasteiger partial charge in [-0.1, -0.05) is 48.5 Å². The van der Waals surface area contributed by atoms with Crippen LogP contribution in [0.15, 0.2) is 66.9 Å². The van der Waals surface area contributed by atoms with Crippen molar-refractivity contribution in [1.82, 2.24) is 15.1 Å². The maximum atomic E-state index is 4.72. The minimum Gasteiger partial charge on any atom is -0.316 e. The van der Waals surface area contributed by atoms with Crippen LogP contribution in [0.1, 0.15) is 18.5 Å². The number of benzene rings is 2. The van der Waals surface area contributed by atoms with Gasteiger partial charge in [0.15, 0.2) is 0 Å². The fourth-order valence-electron chi connectivity index (χ4n) is 3.59. The van der Waals surface area contributed by atoms with Gasteiger partial charge < -0.3 is 5.32 Å². The largest absolute Gasteiger partial charge is 0.316 e. The van der Waals surface area contributed by atoms with Crippen LogP contribution in [0.25, 0.3) is 16.8 Å². The second kappa shape index (κ2) is 7.02. The van der Waals surface area contributed by atoms with Crippen molar-refractivity contribution in [2.24, 2.45) is 5.92 Å². The summed E-state index contributed by atoms with van der Waals surface area (Å²) in [7, 11) is 0. The molecular weight excluding hydrogens is 294 g/mol. The SMILES string of the molecule is c1ccc(-c2cnn(-c3ccccc3)c2CC2CCCNC2)cc1. The summed E-state index contributed by atoms with van der Waals surface area (Å²) in [5, 5.41) is 8.26. The minimum atomic E-state index is 0.681. The molecule has 0 amide bonds. The van der Waals surface area contributed by atoms with Crippen LogP contribution in [0.3, 0.4) is 0 Å². The van der Waals surface area contributed by atoms with E-state index < -0.39 is 0 Å². The van der Waals surface area contributed by atoms with Gasteiger partial charge >= 0.3 is 0 Å². The molecular formula is C21H23N3. The maximum absolute atomic E-state index is 4.72. The average molecular weight is 317 g/mol. The number of piperidine rings is 1. The lowest BCUT2D eigenvalue weighted by atomic mass is 9.92. The first kappa shape index (κ1) is 15.2. The molecule has 0 saturated carbocycles. The van der Waals surface area contributed by atoms with E-state index >= 15 is 0 Å². The zero-order valence-corrected chi connectivity index (χ0v) is 13.9. The third-order valence-electron chi connectivity index (χ3n) is 4.84. The van der Waals surface area contributed by atoms with Crippen LogP contribution in [-0.2, 0) is 6.42 Å². The Balaban J connectivity index is 1.75. The third kappa shape index (κ3) is 3.13. The molecule has 24 heavy (non-hydrogen) atoms. The molecule has 2 aromatic carbocycles. The predicted molar refractivity (Wildman–Crippen MR) is 98.3 cm³/mol. The highest BCUT2D eigenvalue weighted by Gasteiger charge is 2.20. The molecule has 1 aromatic heterocycles. The molecule has 1 unspecified atom stereocenters. The molecule has 3 heteroatoms. The highest BCUT2D eigenvalue weighted by molar-refractivity contribution is 5.66. The molecule has 0 spiro atoms. The van der Waals surface area contributed by atoms with Gasteiger partial charge in [0.25, 0.3) is 0 Å². The van der Waals surface area contributed by atoms with E-state index in [1.165, 1.54) is 29.7 Å². The van der Waals surface area contributed by atoms with E-state index in [1.807, 2.05) is 6.20 Å². The first-order valence-electron chi connectivity index (χ1n) is 8.80. The number of rotatable bonds is 4. The fraction of sp³-hybridized carbons (Fsp3) is 0.286. The summed E-state index contributed by atoms with van der Waals surface area (Å²) >= 11 is 0. The highest BCUT2D eigenvalue weighted by Crippen LogP contribution is 2.29. The Morgan fingerprint density at radius 3 is 2.46 bits per heavy atom. The van der Waals surface area contributed by atoms with Gasteiger partial charge in [-0.2, -0.15) is 5.10 Å². The van der Waals surface area contributed by atoms with E-state index in [2.05, 4.69) is 70.7 Å². The molecule has 1 fully saturated rings. The van der Waals surface area contributed by atoms with Crippen molar-refractivity contribution in [3.8, 4) is 16.8 Å². The Morgan fingerprint density at radius 1 is 1.00 bits per heavy atom. The molecule has 0 bridgehead atoms. The van der Waals surface area contributed by atoms with E-state index in [9.17, 15) is 0 Å². The Labute approximate surface area is 143 Å². The van der Waals surface area contributed by atoms with Crippen LogP contribution in [0.5, 0.6) is 0 Å². The van der Waals surface area contributed by atoms with Crippen molar-refractivity contribution in [2.45, 2.75) is 19.3 Å². The first-order chi connectivity index (χ1) is 11.9. The Bertz CT molecular complexity index is 714. The topological polar surface area (TPSA) is 29.9 Å². The highest BCUT2D eigenvalue weighted by atomic mass is 15.3. The summed E-state index contributed by atoms with van der Waals surface area (Å²) in [6.45, 7) is 2.26. The molecule has 3 nitrogen and oxygen atoms in total.